The van der Waals surface area contributed by atoms with E-state index in [0.717, 1.165) is 38.1 Å². The normalized spacial score (nSPS) is 43.0. The van der Waals surface area contributed by atoms with Crippen LogP contribution in [-0.2, 0) is 14.3 Å². The third-order valence-electron chi connectivity index (χ3n) is 11.5. The van der Waals surface area contributed by atoms with Crippen molar-refractivity contribution in [2.75, 3.05) is 39.8 Å². The second-order valence-electron chi connectivity index (χ2n) is 13.8. The van der Waals surface area contributed by atoms with Crippen LogP contribution in [0.4, 0.5) is 0 Å². The van der Waals surface area contributed by atoms with Crippen molar-refractivity contribution in [3.63, 3.8) is 0 Å². The molecule has 4 saturated heterocycles. The standard InChI is InChI=1S/C32H50N6O3S/c1-4-27(39)38-17-16-37(19-23(38)12-14-33)30-26-11-13-32(18-22-8-5-6-10-25(22)21(2)42-32)29(40)28(26)34-31(35-30)41-20-24-9-7-15-36(24)3/h4,21-26,28,30-31,34-35H,1,5-13,15-20H2,2-3H3/t21?,22?,23?,24?,25?,26?,28?,30?,31?,32-/m1/s1. The highest BCUT2D eigenvalue weighted by atomic mass is 32.2. The molecule has 9 nitrogen and oxygen atoms in total. The van der Waals surface area contributed by atoms with Gasteiger partial charge < -0.3 is 14.5 Å². The van der Waals surface area contributed by atoms with Crippen LogP contribution in [0, 0.1) is 29.1 Å². The minimum atomic E-state index is -0.417. The number of hydrogen-bond acceptors (Lipinski definition) is 9. The highest BCUT2D eigenvalue weighted by Crippen LogP contribution is 2.56. The van der Waals surface area contributed by atoms with Crippen LogP contribution >= 0.6 is 11.8 Å². The number of likely N-dealkylation sites (N-methyl/N-ethyl adjacent to an activating group) is 1. The molecule has 4 heterocycles. The highest BCUT2D eigenvalue weighted by molar-refractivity contribution is 8.02. The number of carbonyl (C=O) groups excluding carboxylic acids is 2. The number of ketones is 1. The van der Waals surface area contributed by atoms with Gasteiger partial charge in [-0.15, -0.1) is 11.8 Å². The zero-order valence-corrected chi connectivity index (χ0v) is 26.3. The van der Waals surface area contributed by atoms with Crippen LogP contribution in [0.5, 0.6) is 0 Å². The van der Waals surface area contributed by atoms with Gasteiger partial charge in [0, 0.05) is 36.8 Å². The van der Waals surface area contributed by atoms with Crippen molar-refractivity contribution in [3.05, 3.63) is 12.7 Å². The zero-order valence-electron chi connectivity index (χ0n) is 25.5. The molecule has 0 radical (unpaired) electrons. The Bertz CT molecular complexity index is 1070. The number of nitrogens with zero attached hydrogens (tertiary/aromatic N) is 4. The molecule has 10 heteroatoms. The lowest BCUT2D eigenvalue weighted by atomic mass is 9.66. The molecule has 2 saturated carbocycles. The number of rotatable bonds is 6. The molecule has 0 aromatic heterocycles. The Kier molecular flexibility index (Phi) is 9.35. The van der Waals surface area contributed by atoms with E-state index < -0.39 is 6.35 Å². The monoisotopic (exact) mass is 598 g/mol. The molecule has 6 aliphatic rings. The summed E-state index contributed by atoms with van der Waals surface area (Å²) in [5.74, 6) is 1.79. The molecule has 0 aromatic carbocycles. The second kappa shape index (κ2) is 12.9. The molecule has 0 bridgehead atoms. The molecule has 232 valence electrons. The van der Waals surface area contributed by atoms with E-state index >= 15 is 0 Å². The lowest BCUT2D eigenvalue weighted by Gasteiger charge is -2.57. The summed E-state index contributed by atoms with van der Waals surface area (Å²) >= 11 is 1.98. The van der Waals surface area contributed by atoms with Crippen LogP contribution in [-0.4, -0.2) is 107 Å². The Morgan fingerprint density at radius 1 is 1.14 bits per heavy atom. The summed E-state index contributed by atoms with van der Waals surface area (Å²) in [7, 11) is 2.16. The first-order valence-corrected chi connectivity index (χ1v) is 17.3. The first-order chi connectivity index (χ1) is 20.3. The Morgan fingerprint density at radius 3 is 2.74 bits per heavy atom. The molecule has 0 aromatic rings. The maximum absolute atomic E-state index is 14.7. The number of likely N-dealkylation sites (tertiary alicyclic amines) is 1. The second-order valence-corrected chi connectivity index (χ2v) is 15.5. The van der Waals surface area contributed by atoms with Gasteiger partial charge in [-0.3, -0.25) is 25.1 Å². The van der Waals surface area contributed by atoms with Gasteiger partial charge in [0.1, 0.15) is 0 Å². The van der Waals surface area contributed by atoms with Crippen molar-refractivity contribution < 1.29 is 14.3 Å². The van der Waals surface area contributed by atoms with Crippen LogP contribution in [0.1, 0.15) is 71.1 Å². The molecule has 2 N–H and O–H groups in total. The molecule has 6 rings (SSSR count). The van der Waals surface area contributed by atoms with Gasteiger partial charge in [0.2, 0.25) is 5.91 Å². The SMILES string of the molecule is C=CC(=O)N1CCN(C2NC(OCC3CCCN3C)NC3C(=O)[C@@]4(CCC32)CC2CCCCC2C(C)S4)CC1CC#N. The first kappa shape index (κ1) is 30.5. The lowest BCUT2D eigenvalue weighted by Crippen LogP contribution is -2.75. The Hall–Kier alpha value is -1.48. The minimum absolute atomic E-state index is 0.0560. The predicted octanol–water partition coefficient (Wildman–Crippen LogP) is 2.93. The van der Waals surface area contributed by atoms with Gasteiger partial charge in [-0.1, -0.05) is 32.8 Å². The van der Waals surface area contributed by atoms with E-state index in [2.05, 4.69) is 47.1 Å². The van der Waals surface area contributed by atoms with Gasteiger partial charge in [-0.05, 0) is 70.0 Å². The van der Waals surface area contributed by atoms with E-state index in [-0.39, 0.29) is 41.2 Å². The van der Waals surface area contributed by atoms with Gasteiger partial charge in [0.25, 0.3) is 0 Å². The molecular formula is C32H50N6O3S. The summed E-state index contributed by atoms with van der Waals surface area (Å²) in [5, 5.41) is 17.5. The number of hydrogen-bond donors (Lipinski definition) is 2. The van der Waals surface area contributed by atoms with Gasteiger partial charge in [-0.2, -0.15) is 5.26 Å². The van der Waals surface area contributed by atoms with E-state index in [1.54, 1.807) is 4.90 Å². The summed E-state index contributed by atoms with van der Waals surface area (Å²) in [5.41, 5.74) is 0. The molecule has 9 unspecified atom stereocenters. The Labute approximate surface area is 256 Å². The van der Waals surface area contributed by atoms with Gasteiger partial charge >= 0.3 is 0 Å². The zero-order chi connectivity index (χ0) is 29.4. The molecule has 6 fully saturated rings. The number of ether oxygens (including phenoxy) is 1. The van der Waals surface area contributed by atoms with Crippen LogP contribution in [0.3, 0.4) is 0 Å². The summed E-state index contributed by atoms with van der Waals surface area (Å²) in [6.07, 6.45) is 11.6. The average molecular weight is 599 g/mol. The van der Waals surface area contributed by atoms with Gasteiger partial charge in [0.05, 0.1) is 42.1 Å². The summed E-state index contributed by atoms with van der Waals surface area (Å²) in [6.45, 7) is 9.60. The quantitative estimate of drug-likeness (QED) is 0.447. The van der Waals surface area contributed by atoms with Crippen LogP contribution in [0.15, 0.2) is 12.7 Å². The van der Waals surface area contributed by atoms with Gasteiger partial charge in [-0.25, -0.2) is 0 Å². The number of Topliss-reactive ketones (excluding diaryl/α,β-unsaturated/α-hetero) is 1. The number of piperazine rings is 1. The number of amides is 1. The van der Waals surface area contributed by atoms with Crippen molar-refractivity contribution >= 4 is 23.5 Å². The number of nitrogens with one attached hydrogen (secondary N) is 2. The first-order valence-electron chi connectivity index (χ1n) is 16.4. The van der Waals surface area contributed by atoms with Crippen molar-refractivity contribution in [2.24, 2.45) is 17.8 Å². The third-order valence-corrected chi connectivity index (χ3v) is 13.2. The predicted molar refractivity (Wildman–Crippen MR) is 164 cm³/mol. The van der Waals surface area contributed by atoms with Crippen LogP contribution in [0.2, 0.25) is 0 Å². The minimum Gasteiger partial charge on any atom is -0.348 e. The average Bonchev–Trinajstić information content (AvgIpc) is 3.42. The maximum atomic E-state index is 14.7. The summed E-state index contributed by atoms with van der Waals surface area (Å²) in [6, 6.07) is 2.22. The van der Waals surface area contributed by atoms with E-state index in [9.17, 15) is 14.9 Å². The fraction of sp³-hybridized carbons (Fsp3) is 0.844. The largest absolute Gasteiger partial charge is 0.348 e. The topological polar surface area (TPSA) is 101 Å². The molecular weight excluding hydrogens is 548 g/mol. The molecule has 10 atom stereocenters. The van der Waals surface area contributed by atoms with Crippen molar-refractivity contribution in [1.29, 1.82) is 5.26 Å². The van der Waals surface area contributed by atoms with E-state index in [4.69, 9.17) is 4.74 Å². The third kappa shape index (κ3) is 5.82. The number of thioether (sulfide) groups is 1. The van der Waals surface area contributed by atoms with Crippen molar-refractivity contribution in [1.82, 2.24) is 25.3 Å². The highest BCUT2D eigenvalue weighted by Gasteiger charge is 2.58. The van der Waals surface area contributed by atoms with Crippen LogP contribution in [0.25, 0.3) is 0 Å². The molecule has 1 spiro atoms. The fourth-order valence-corrected chi connectivity index (χ4v) is 11.3. The number of fused-ring (bicyclic) bond motifs is 2. The lowest BCUT2D eigenvalue weighted by molar-refractivity contribution is -0.145. The van der Waals surface area contributed by atoms with E-state index in [1.165, 1.54) is 38.2 Å². The van der Waals surface area contributed by atoms with E-state index in [0.29, 0.717) is 49.2 Å². The van der Waals surface area contributed by atoms with Crippen molar-refractivity contribution in [2.45, 2.75) is 112 Å². The molecule has 2 aliphatic carbocycles. The Balaban J connectivity index is 1.23. The summed E-state index contributed by atoms with van der Waals surface area (Å²) < 4.78 is 6.21. The maximum Gasteiger partial charge on any atom is 0.246 e. The molecule has 1 amide bonds. The van der Waals surface area contributed by atoms with Gasteiger partial charge in [0.15, 0.2) is 12.1 Å². The Morgan fingerprint density at radius 2 is 1.98 bits per heavy atom. The number of carbonyl (C=O) groups is 2. The summed E-state index contributed by atoms with van der Waals surface area (Å²) in [4.78, 5) is 33.8. The molecule has 42 heavy (non-hydrogen) atoms. The smallest absolute Gasteiger partial charge is 0.246 e. The molecule has 4 aliphatic heterocycles. The number of nitriles is 1. The fourth-order valence-electron chi connectivity index (χ4n) is 9.23. The van der Waals surface area contributed by atoms with E-state index in [1.807, 2.05) is 11.8 Å². The van der Waals surface area contributed by atoms with Crippen LogP contribution < -0.4 is 10.6 Å². The van der Waals surface area contributed by atoms with Crippen molar-refractivity contribution in [3.8, 4) is 6.07 Å².